The van der Waals surface area contributed by atoms with Gasteiger partial charge in [-0.1, -0.05) is 5.16 Å². The van der Waals surface area contributed by atoms with Crippen molar-refractivity contribution in [3.05, 3.63) is 45.2 Å². The summed E-state index contributed by atoms with van der Waals surface area (Å²) < 4.78 is 12.2. The number of rotatable bonds is 3. The van der Waals surface area contributed by atoms with Gasteiger partial charge in [0.05, 0.1) is 24.9 Å². The van der Waals surface area contributed by atoms with Crippen LogP contribution in [0.15, 0.2) is 21.5 Å². The van der Waals surface area contributed by atoms with Gasteiger partial charge in [0, 0.05) is 18.1 Å². The van der Waals surface area contributed by atoms with Gasteiger partial charge in [0.2, 0.25) is 0 Å². The Morgan fingerprint density at radius 2 is 2.12 bits per heavy atom. The van der Waals surface area contributed by atoms with Crippen LogP contribution in [0.1, 0.15) is 46.4 Å². The van der Waals surface area contributed by atoms with E-state index in [9.17, 15) is 9.59 Å². The van der Waals surface area contributed by atoms with E-state index in [2.05, 4.69) is 15.6 Å². The summed E-state index contributed by atoms with van der Waals surface area (Å²) in [4.78, 5) is 24.8. The van der Waals surface area contributed by atoms with Crippen LogP contribution >= 0.6 is 0 Å². The van der Waals surface area contributed by atoms with E-state index in [0.717, 1.165) is 42.7 Å². The lowest BCUT2D eigenvalue weighted by Crippen LogP contribution is -2.44. The third-order valence-electron chi connectivity index (χ3n) is 4.80. The highest BCUT2D eigenvalue weighted by atomic mass is 16.5. The van der Waals surface area contributed by atoms with Crippen LogP contribution in [0.5, 0.6) is 0 Å². The number of carbonyl (C=O) groups excluding carboxylic acids is 1. The van der Waals surface area contributed by atoms with Crippen LogP contribution in [-0.2, 0) is 17.6 Å². The van der Waals surface area contributed by atoms with E-state index in [1.54, 1.807) is 6.07 Å². The maximum absolute atomic E-state index is 12.7. The monoisotopic (exact) mass is 344 g/mol. The minimum atomic E-state index is -0.338. The van der Waals surface area contributed by atoms with Crippen LogP contribution in [0, 0.1) is 6.92 Å². The van der Waals surface area contributed by atoms with Crippen LogP contribution in [0.25, 0.3) is 0 Å². The zero-order valence-electron chi connectivity index (χ0n) is 14.0. The highest BCUT2D eigenvalue weighted by Crippen LogP contribution is 2.25. The van der Waals surface area contributed by atoms with Gasteiger partial charge in [-0.15, -0.1) is 0 Å². The molecule has 1 N–H and O–H groups in total. The SMILES string of the molecule is Cc1ccc(=O)n(C2COCC2NC(=O)c2noc3c2CCCC3)n1. The molecule has 0 spiro atoms. The van der Waals surface area contributed by atoms with Gasteiger partial charge in [0.25, 0.3) is 11.5 Å². The summed E-state index contributed by atoms with van der Waals surface area (Å²) in [7, 11) is 0. The van der Waals surface area contributed by atoms with Crippen LogP contribution in [-0.4, -0.2) is 40.1 Å². The third kappa shape index (κ3) is 2.97. The van der Waals surface area contributed by atoms with Crippen molar-refractivity contribution < 1.29 is 14.1 Å². The number of aryl methyl sites for hydroxylation is 2. The van der Waals surface area contributed by atoms with Crippen molar-refractivity contribution in [2.45, 2.75) is 44.7 Å². The number of ether oxygens (including phenoxy) is 1. The molecule has 1 saturated heterocycles. The summed E-state index contributed by atoms with van der Waals surface area (Å²) in [6, 6.07) is 2.48. The molecule has 8 nitrogen and oxygen atoms in total. The first-order valence-corrected chi connectivity index (χ1v) is 8.56. The first-order valence-electron chi connectivity index (χ1n) is 8.56. The molecule has 2 aliphatic rings. The molecule has 2 aromatic rings. The minimum Gasteiger partial charge on any atom is -0.377 e. The van der Waals surface area contributed by atoms with E-state index in [1.807, 2.05) is 6.92 Å². The highest BCUT2D eigenvalue weighted by molar-refractivity contribution is 5.94. The number of amides is 1. The van der Waals surface area contributed by atoms with Gasteiger partial charge in [-0.05, 0) is 32.3 Å². The molecule has 8 heteroatoms. The Kier molecular flexibility index (Phi) is 4.12. The summed E-state index contributed by atoms with van der Waals surface area (Å²) in [5.74, 6) is 0.528. The number of nitrogens with zero attached hydrogens (tertiary/aromatic N) is 3. The zero-order chi connectivity index (χ0) is 17.4. The normalized spacial score (nSPS) is 22.6. The summed E-state index contributed by atoms with van der Waals surface area (Å²) in [6.45, 7) is 2.48. The summed E-state index contributed by atoms with van der Waals surface area (Å²) >= 11 is 0. The maximum atomic E-state index is 12.7. The van der Waals surface area contributed by atoms with E-state index in [1.165, 1.54) is 10.7 Å². The van der Waals surface area contributed by atoms with Crippen molar-refractivity contribution >= 4 is 5.91 Å². The van der Waals surface area contributed by atoms with Crippen molar-refractivity contribution in [2.24, 2.45) is 0 Å². The summed E-state index contributed by atoms with van der Waals surface area (Å²) in [5.41, 5.74) is 1.79. The molecule has 2 atom stereocenters. The summed E-state index contributed by atoms with van der Waals surface area (Å²) in [5, 5.41) is 11.2. The van der Waals surface area contributed by atoms with Gasteiger partial charge in [-0.2, -0.15) is 5.10 Å². The number of carbonyl (C=O) groups is 1. The van der Waals surface area contributed by atoms with Crippen molar-refractivity contribution in [2.75, 3.05) is 13.2 Å². The van der Waals surface area contributed by atoms with Gasteiger partial charge < -0.3 is 14.6 Å². The molecule has 25 heavy (non-hydrogen) atoms. The molecule has 1 aliphatic heterocycles. The Morgan fingerprint density at radius 3 is 3.00 bits per heavy atom. The average molecular weight is 344 g/mol. The second-order valence-electron chi connectivity index (χ2n) is 6.58. The second kappa shape index (κ2) is 6.44. The van der Waals surface area contributed by atoms with Crippen LogP contribution in [0.2, 0.25) is 0 Å². The zero-order valence-corrected chi connectivity index (χ0v) is 14.0. The summed E-state index contributed by atoms with van der Waals surface area (Å²) in [6.07, 6.45) is 3.73. The van der Waals surface area contributed by atoms with Crippen molar-refractivity contribution in [1.29, 1.82) is 0 Å². The Morgan fingerprint density at radius 1 is 1.28 bits per heavy atom. The molecule has 1 amide bonds. The fourth-order valence-electron chi connectivity index (χ4n) is 3.48. The molecule has 132 valence electrons. The highest BCUT2D eigenvalue weighted by Gasteiger charge is 2.34. The van der Waals surface area contributed by atoms with E-state index in [4.69, 9.17) is 9.26 Å². The lowest BCUT2D eigenvalue weighted by molar-refractivity contribution is 0.0914. The van der Waals surface area contributed by atoms with E-state index < -0.39 is 0 Å². The van der Waals surface area contributed by atoms with Crippen molar-refractivity contribution in [1.82, 2.24) is 20.3 Å². The number of hydrogen-bond donors (Lipinski definition) is 1. The molecule has 4 rings (SSSR count). The van der Waals surface area contributed by atoms with Crippen LogP contribution in [0.3, 0.4) is 0 Å². The fourth-order valence-corrected chi connectivity index (χ4v) is 3.48. The predicted molar refractivity (Wildman–Crippen MR) is 87.5 cm³/mol. The Balaban J connectivity index is 1.55. The first-order chi connectivity index (χ1) is 12.1. The van der Waals surface area contributed by atoms with E-state index >= 15 is 0 Å². The number of fused-ring (bicyclic) bond motifs is 1. The predicted octanol–water partition coefficient (Wildman–Crippen LogP) is 0.788. The Labute approximate surface area is 144 Å². The number of hydrogen-bond acceptors (Lipinski definition) is 6. The molecule has 3 heterocycles. The molecule has 2 aromatic heterocycles. The number of aromatic nitrogens is 3. The molecule has 1 fully saturated rings. The quantitative estimate of drug-likeness (QED) is 0.884. The van der Waals surface area contributed by atoms with Gasteiger partial charge in [-0.3, -0.25) is 9.59 Å². The van der Waals surface area contributed by atoms with Gasteiger partial charge in [0.15, 0.2) is 5.69 Å². The molecule has 0 aromatic carbocycles. The average Bonchev–Trinajstić information content (AvgIpc) is 3.23. The largest absolute Gasteiger partial charge is 0.377 e. The fraction of sp³-hybridized carbons (Fsp3) is 0.529. The first kappa shape index (κ1) is 16.0. The molecular formula is C17H20N4O4. The Bertz CT molecular complexity index is 857. The van der Waals surface area contributed by atoms with Crippen LogP contribution < -0.4 is 10.9 Å². The second-order valence-corrected chi connectivity index (χ2v) is 6.58. The lowest BCUT2D eigenvalue weighted by Gasteiger charge is -2.20. The molecule has 1 aliphatic carbocycles. The van der Waals surface area contributed by atoms with Crippen molar-refractivity contribution in [3.8, 4) is 0 Å². The lowest BCUT2D eigenvalue weighted by atomic mass is 9.96. The topological polar surface area (TPSA) is 99.2 Å². The Hall–Kier alpha value is -2.48. The molecule has 0 saturated carbocycles. The van der Waals surface area contributed by atoms with E-state index in [-0.39, 0.29) is 23.6 Å². The third-order valence-corrected chi connectivity index (χ3v) is 4.80. The molecular weight excluding hydrogens is 324 g/mol. The molecule has 0 radical (unpaired) electrons. The van der Waals surface area contributed by atoms with E-state index in [0.29, 0.717) is 18.9 Å². The smallest absolute Gasteiger partial charge is 0.274 e. The number of nitrogens with one attached hydrogen (secondary N) is 1. The maximum Gasteiger partial charge on any atom is 0.274 e. The van der Waals surface area contributed by atoms with Gasteiger partial charge >= 0.3 is 0 Å². The molecule has 2 unspecified atom stereocenters. The van der Waals surface area contributed by atoms with Gasteiger partial charge in [0.1, 0.15) is 11.8 Å². The minimum absolute atomic E-state index is 0.209. The standard InChI is InChI=1S/C17H20N4O4/c1-10-6-7-15(22)21(19-10)13-9-24-8-12(13)18-17(23)16-11-4-2-3-5-14(11)25-20-16/h6-7,12-13H,2-5,8-9H2,1H3,(H,18,23). The van der Waals surface area contributed by atoms with Gasteiger partial charge in [-0.25, -0.2) is 4.68 Å². The van der Waals surface area contributed by atoms with Crippen LogP contribution in [0.4, 0.5) is 0 Å². The van der Waals surface area contributed by atoms with Crippen molar-refractivity contribution in [3.63, 3.8) is 0 Å². The molecule has 0 bridgehead atoms.